The van der Waals surface area contributed by atoms with E-state index in [2.05, 4.69) is 15.5 Å². The van der Waals surface area contributed by atoms with E-state index in [1.54, 1.807) is 0 Å². The van der Waals surface area contributed by atoms with Crippen LogP contribution in [-0.2, 0) is 11.2 Å². The molecule has 0 saturated heterocycles. The molecule has 2 aromatic rings. The van der Waals surface area contributed by atoms with Gasteiger partial charge in [0.05, 0.1) is 24.8 Å². The number of carbonyl (C=O) groups is 1. The van der Waals surface area contributed by atoms with Crippen LogP contribution in [0.25, 0.3) is 0 Å². The molecule has 0 aliphatic rings. The molecule has 0 fully saturated rings. The Morgan fingerprint density at radius 3 is 2.60 bits per heavy atom. The molecule has 0 aliphatic heterocycles. The number of hydrogen-bond acceptors (Lipinski definition) is 3. The van der Waals surface area contributed by atoms with Crippen molar-refractivity contribution in [1.82, 2.24) is 15.5 Å². The lowest BCUT2D eigenvalue weighted by atomic mass is 10.1. The second-order valence-electron chi connectivity index (χ2n) is 4.80. The zero-order valence-electron chi connectivity index (χ0n) is 11.7. The predicted molar refractivity (Wildman–Crippen MR) is 76.2 cm³/mol. The number of aryl methyl sites for hydroxylation is 2. The highest BCUT2D eigenvalue weighted by molar-refractivity contribution is 5.79. The molecule has 0 bridgehead atoms. The summed E-state index contributed by atoms with van der Waals surface area (Å²) < 4.78 is 0. The standard InChI is InChI=1S/C15H19N3O2/c1-10-13(11(2)18-17-10)8-15(20)16-14(9-19)12-6-4-3-5-7-12/h3-7,14,19H,8-9H2,1-2H3,(H,16,20)(H,17,18). The first-order valence-corrected chi connectivity index (χ1v) is 6.57. The highest BCUT2D eigenvalue weighted by Crippen LogP contribution is 2.14. The molecule has 0 aliphatic carbocycles. The number of nitrogens with zero attached hydrogens (tertiary/aromatic N) is 1. The number of benzene rings is 1. The normalized spacial score (nSPS) is 12.2. The first kappa shape index (κ1) is 14.3. The Morgan fingerprint density at radius 1 is 1.35 bits per heavy atom. The van der Waals surface area contributed by atoms with Crippen LogP contribution in [0.2, 0.25) is 0 Å². The molecule has 106 valence electrons. The van der Waals surface area contributed by atoms with E-state index in [4.69, 9.17) is 0 Å². The summed E-state index contributed by atoms with van der Waals surface area (Å²) in [6.45, 7) is 3.63. The van der Waals surface area contributed by atoms with Crippen molar-refractivity contribution in [3.63, 3.8) is 0 Å². The minimum atomic E-state index is -0.379. The summed E-state index contributed by atoms with van der Waals surface area (Å²) in [5.74, 6) is -0.125. The molecule has 5 heteroatoms. The van der Waals surface area contributed by atoms with Gasteiger partial charge >= 0.3 is 0 Å². The number of H-pyrrole nitrogens is 1. The molecule has 1 aromatic heterocycles. The number of carbonyl (C=O) groups excluding carboxylic acids is 1. The Labute approximate surface area is 118 Å². The molecule has 20 heavy (non-hydrogen) atoms. The fourth-order valence-electron chi connectivity index (χ4n) is 2.16. The summed E-state index contributed by atoms with van der Waals surface area (Å²) in [5, 5.41) is 19.2. The molecule has 1 atom stereocenters. The summed E-state index contributed by atoms with van der Waals surface area (Å²) in [6.07, 6.45) is 0.261. The van der Waals surface area contributed by atoms with Crippen LogP contribution in [0.5, 0.6) is 0 Å². The second-order valence-corrected chi connectivity index (χ2v) is 4.80. The Hall–Kier alpha value is -2.14. The fraction of sp³-hybridized carbons (Fsp3) is 0.333. The number of nitrogens with one attached hydrogen (secondary N) is 2. The van der Waals surface area contributed by atoms with Gasteiger partial charge in [-0.1, -0.05) is 30.3 Å². The van der Waals surface area contributed by atoms with Crippen LogP contribution in [0.3, 0.4) is 0 Å². The summed E-state index contributed by atoms with van der Waals surface area (Å²) in [5.41, 5.74) is 3.53. The zero-order valence-corrected chi connectivity index (χ0v) is 11.7. The van der Waals surface area contributed by atoms with Crippen molar-refractivity contribution in [1.29, 1.82) is 0 Å². The molecular weight excluding hydrogens is 254 g/mol. The molecule has 1 heterocycles. The van der Waals surface area contributed by atoms with Crippen molar-refractivity contribution < 1.29 is 9.90 Å². The van der Waals surface area contributed by atoms with E-state index in [0.29, 0.717) is 0 Å². The van der Waals surface area contributed by atoms with E-state index in [-0.39, 0.29) is 25.0 Å². The number of aromatic amines is 1. The van der Waals surface area contributed by atoms with Crippen molar-refractivity contribution in [3.8, 4) is 0 Å². The van der Waals surface area contributed by atoms with Crippen LogP contribution in [-0.4, -0.2) is 27.8 Å². The van der Waals surface area contributed by atoms with E-state index >= 15 is 0 Å². The van der Waals surface area contributed by atoms with E-state index in [1.165, 1.54) is 0 Å². The Morgan fingerprint density at radius 2 is 2.05 bits per heavy atom. The van der Waals surface area contributed by atoms with Gasteiger partial charge in [0, 0.05) is 11.3 Å². The average Bonchev–Trinajstić information content (AvgIpc) is 2.77. The van der Waals surface area contributed by atoms with Gasteiger partial charge in [0.1, 0.15) is 0 Å². The molecule has 0 saturated carbocycles. The van der Waals surface area contributed by atoms with Gasteiger partial charge in [0.2, 0.25) is 5.91 Å². The largest absolute Gasteiger partial charge is 0.394 e. The van der Waals surface area contributed by atoms with Gasteiger partial charge in [0.15, 0.2) is 0 Å². The van der Waals surface area contributed by atoms with E-state index < -0.39 is 0 Å². The minimum Gasteiger partial charge on any atom is -0.394 e. The van der Waals surface area contributed by atoms with Crippen LogP contribution in [0.1, 0.15) is 28.6 Å². The third-order valence-corrected chi connectivity index (χ3v) is 3.34. The number of amides is 1. The smallest absolute Gasteiger partial charge is 0.225 e. The summed E-state index contributed by atoms with van der Waals surface area (Å²) in [4.78, 5) is 12.1. The Balaban J connectivity index is 2.03. The van der Waals surface area contributed by atoms with E-state index in [9.17, 15) is 9.90 Å². The molecule has 1 aromatic carbocycles. The van der Waals surface area contributed by atoms with Gasteiger partial charge in [-0.2, -0.15) is 5.10 Å². The van der Waals surface area contributed by atoms with Gasteiger partial charge in [-0.15, -0.1) is 0 Å². The van der Waals surface area contributed by atoms with E-state index in [0.717, 1.165) is 22.5 Å². The summed E-state index contributed by atoms with van der Waals surface area (Å²) >= 11 is 0. The maximum absolute atomic E-state index is 12.1. The second kappa shape index (κ2) is 6.34. The number of aromatic nitrogens is 2. The number of aliphatic hydroxyl groups excluding tert-OH is 1. The Kier molecular flexibility index (Phi) is 4.53. The summed E-state index contributed by atoms with van der Waals surface area (Å²) in [6, 6.07) is 9.06. The first-order valence-electron chi connectivity index (χ1n) is 6.57. The zero-order chi connectivity index (χ0) is 14.5. The predicted octanol–water partition coefficient (Wildman–Crippen LogP) is 1.42. The van der Waals surface area contributed by atoms with Crippen LogP contribution in [0.4, 0.5) is 0 Å². The number of rotatable bonds is 5. The van der Waals surface area contributed by atoms with Gasteiger partial charge < -0.3 is 10.4 Å². The van der Waals surface area contributed by atoms with Crippen molar-refractivity contribution in [3.05, 3.63) is 52.8 Å². The van der Waals surface area contributed by atoms with Crippen molar-refractivity contribution in [2.24, 2.45) is 0 Å². The lowest BCUT2D eigenvalue weighted by molar-refractivity contribution is -0.121. The van der Waals surface area contributed by atoms with Crippen LogP contribution >= 0.6 is 0 Å². The average molecular weight is 273 g/mol. The quantitative estimate of drug-likeness (QED) is 0.771. The SMILES string of the molecule is Cc1n[nH]c(C)c1CC(=O)NC(CO)c1ccccc1. The maximum atomic E-state index is 12.1. The molecule has 0 spiro atoms. The molecular formula is C15H19N3O2. The highest BCUT2D eigenvalue weighted by Gasteiger charge is 2.16. The maximum Gasteiger partial charge on any atom is 0.225 e. The minimum absolute atomic E-state index is 0.125. The molecule has 1 amide bonds. The van der Waals surface area contributed by atoms with Crippen LogP contribution < -0.4 is 5.32 Å². The monoisotopic (exact) mass is 273 g/mol. The molecule has 1 unspecified atom stereocenters. The van der Waals surface area contributed by atoms with E-state index in [1.807, 2.05) is 44.2 Å². The van der Waals surface area contributed by atoms with Crippen molar-refractivity contribution >= 4 is 5.91 Å². The number of aliphatic hydroxyl groups is 1. The van der Waals surface area contributed by atoms with Gasteiger partial charge in [-0.05, 0) is 19.4 Å². The van der Waals surface area contributed by atoms with Crippen molar-refractivity contribution in [2.45, 2.75) is 26.3 Å². The Bertz CT molecular complexity index is 559. The highest BCUT2D eigenvalue weighted by atomic mass is 16.3. The third-order valence-electron chi connectivity index (χ3n) is 3.34. The van der Waals surface area contributed by atoms with Gasteiger partial charge in [0.25, 0.3) is 0 Å². The molecule has 3 N–H and O–H groups in total. The fourth-order valence-corrected chi connectivity index (χ4v) is 2.16. The lowest BCUT2D eigenvalue weighted by Crippen LogP contribution is -2.32. The topological polar surface area (TPSA) is 78.0 Å². The molecule has 5 nitrogen and oxygen atoms in total. The third kappa shape index (κ3) is 3.24. The van der Waals surface area contributed by atoms with Gasteiger partial charge in [-0.3, -0.25) is 9.89 Å². The first-order chi connectivity index (χ1) is 9.61. The molecule has 2 rings (SSSR count). The van der Waals surface area contributed by atoms with Crippen LogP contribution in [0.15, 0.2) is 30.3 Å². The lowest BCUT2D eigenvalue weighted by Gasteiger charge is -2.16. The number of hydrogen-bond donors (Lipinski definition) is 3. The summed E-state index contributed by atoms with van der Waals surface area (Å²) in [7, 11) is 0. The van der Waals surface area contributed by atoms with Crippen molar-refractivity contribution in [2.75, 3.05) is 6.61 Å². The van der Waals surface area contributed by atoms with Crippen LogP contribution in [0, 0.1) is 13.8 Å². The molecule has 0 radical (unpaired) electrons. The van der Waals surface area contributed by atoms with Gasteiger partial charge in [-0.25, -0.2) is 0 Å².